The van der Waals surface area contributed by atoms with Crippen molar-refractivity contribution in [3.63, 3.8) is 0 Å². The number of amides is 1. The molecule has 30 heavy (non-hydrogen) atoms. The van der Waals surface area contributed by atoms with E-state index < -0.39 is 0 Å². The van der Waals surface area contributed by atoms with Gasteiger partial charge in [0, 0.05) is 62.2 Å². The molecule has 1 atom stereocenters. The lowest BCUT2D eigenvalue weighted by Crippen LogP contribution is -2.47. The highest BCUT2D eigenvalue weighted by Gasteiger charge is 2.42. The molecule has 0 N–H and O–H groups in total. The third-order valence-corrected chi connectivity index (χ3v) is 6.45. The molecule has 154 valence electrons. The van der Waals surface area contributed by atoms with Crippen molar-refractivity contribution in [2.45, 2.75) is 31.6 Å². The number of benzene rings is 1. The average Bonchev–Trinajstić information content (AvgIpc) is 3.11. The van der Waals surface area contributed by atoms with Gasteiger partial charge in [0.15, 0.2) is 0 Å². The molecule has 2 aliphatic rings. The Hall–Kier alpha value is -3.09. The Balaban J connectivity index is 1.36. The standard InChI is InChI=1S/C23H24FN5O/c1-15(30)28-10-7-23(2,14-28)22-21(25-8-9-26-22)17-12-29(13-17)20-6-3-16-11-18(24)4-5-19(16)27-20/h3-6,8-9,11,17H,7,10,12-14H2,1-2H3/t23-/m0/s1. The van der Waals surface area contributed by atoms with E-state index in [4.69, 9.17) is 9.97 Å². The lowest BCUT2D eigenvalue weighted by atomic mass is 9.80. The third-order valence-electron chi connectivity index (χ3n) is 6.45. The van der Waals surface area contributed by atoms with E-state index in [1.54, 1.807) is 25.4 Å². The van der Waals surface area contributed by atoms with Gasteiger partial charge in [-0.3, -0.25) is 14.8 Å². The van der Waals surface area contributed by atoms with E-state index in [2.05, 4.69) is 16.8 Å². The molecular weight excluding hydrogens is 381 g/mol. The number of pyridine rings is 1. The lowest BCUT2D eigenvalue weighted by molar-refractivity contribution is -0.127. The zero-order valence-electron chi connectivity index (χ0n) is 17.2. The molecule has 0 saturated carbocycles. The second-order valence-corrected chi connectivity index (χ2v) is 8.65. The molecule has 2 saturated heterocycles. The minimum atomic E-state index is -0.250. The molecule has 1 aromatic carbocycles. The first-order valence-corrected chi connectivity index (χ1v) is 10.3. The van der Waals surface area contributed by atoms with E-state index in [-0.39, 0.29) is 23.1 Å². The van der Waals surface area contributed by atoms with Crippen LogP contribution in [0, 0.1) is 5.82 Å². The van der Waals surface area contributed by atoms with Gasteiger partial charge in [-0.25, -0.2) is 9.37 Å². The number of fused-ring (bicyclic) bond motifs is 1. The van der Waals surface area contributed by atoms with Crippen LogP contribution in [0.4, 0.5) is 10.2 Å². The van der Waals surface area contributed by atoms with Gasteiger partial charge in [-0.1, -0.05) is 6.92 Å². The average molecular weight is 405 g/mol. The first-order chi connectivity index (χ1) is 14.4. The summed E-state index contributed by atoms with van der Waals surface area (Å²) in [6.45, 7) is 6.89. The fourth-order valence-corrected chi connectivity index (χ4v) is 4.64. The number of rotatable bonds is 3. The third kappa shape index (κ3) is 3.18. The monoisotopic (exact) mass is 405 g/mol. The van der Waals surface area contributed by atoms with Crippen molar-refractivity contribution < 1.29 is 9.18 Å². The maximum Gasteiger partial charge on any atom is 0.219 e. The van der Waals surface area contributed by atoms with Crippen molar-refractivity contribution in [2.24, 2.45) is 0 Å². The van der Waals surface area contributed by atoms with E-state index >= 15 is 0 Å². The molecule has 0 bridgehead atoms. The Morgan fingerprint density at radius 2 is 1.97 bits per heavy atom. The maximum atomic E-state index is 13.4. The summed E-state index contributed by atoms with van der Waals surface area (Å²) in [4.78, 5) is 30.0. The summed E-state index contributed by atoms with van der Waals surface area (Å²) in [6, 6.07) is 8.52. The largest absolute Gasteiger partial charge is 0.355 e. The summed E-state index contributed by atoms with van der Waals surface area (Å²) >= 11 is 0. The van der Waals surface area contributed by atoms with Gasteiger partial charge in [-0.15, -0.1) is 0 Å². The predicted molar refractivity (Wildman–Crippen MR) is 113 cm³/mol. The van der Waals surface area contributed by atoms with Crippen LogP contribution < -0.4 is 4.90 Å². The van der Waals surface area contributed by atoms with Gasteiger partial charge >= 0.3 is 0 Å². The molecule has 0 unspecified atom stereocenters. The van der Waals surface area contributed by atoms with Gasteiger partial charge in [0.05, 0.1) is 16.9 Å². The molecule has 2 aliphatic heterocycles. The van der Waals surface area contributed by atoms with Crippen LogP contribution in [0.5, 0.6) is 0 Å². The summed E-state index contributed by atoms with van der Waals surface area (Å²) in [7, 11) is 0. The highest BCUT2D eigenvalue weighted by molar-refractivity contribution is 5.80. The highest BCUT2D eigenvalue weighted by Crippen LogP contribution is 2.39. The van der Waals surface area contributed by atoms with Crippen LogP contribution in [-0.4, -0.2) is 51.9 Å². The van der Waals surface area contributed by atoms with Crippen LogP contribution in [0.3, 0.4) is 0 Å². The van der Waals surface area contributed by atoms with Gasteiger partial charge < -0.3 is 9.80 Å². The van der Waals surface area contributed by atoms with Crippen molar-refractivity contribution in [3.05, 3.63) is 59.9 Å². The number of hydrogen-bond donors (Lipinski definition) is 0. The van der Waals surface area contributed by atoms with Crippen LogP contribution in [0.1, 0.15) is 37.6 Å². The van der Waals surface area contributed by atoms with Crippen molar-refractivity contribution in [2.75, 3.05) is 31.1 Å². The number of aromatic nitrogens is 3. The second-order valence-electron chi connectivity index (χ2n) is 8.65. The Bertz CT molecular complexity index is 1130. The zero-order chi connectivity index (χ0) is 20.9. The first-order valence-electron chi connectivity index (χ1n) is 10.3. The summed E-state index contributed by atoms with van der Waals surface area (Å²) in [6.07, 6.45) is 4.41. The quantitative estimate of drug-likeness (QED) is 0.669. The predicted octanol–water partition coefficient (Wildman–Crippen LogP) is 3.28. The van der Waals surface area contributed by atoms with Crippen molar-refractivity contribution >= 4 is 22.6 Å². The van der Waals surface area contributed by atoms with Crippen LogP contribution in [-0.2, 0) is 10.2 Å². The van der Waals surface area contributed by atoms with E-state index in [9.17, 15) is 9.18 Å². The number of nitrogens with zero attached hydrogens (tertiary/aromatic N) is 5. The molecule has 5 rings (SSSR count). The molecule has 6 nitrogen and oxygen atoms in total. The summed E-state index contributed by atoms with van der Waals surface area (Å²) in [5, 5.41) is 0.802. The molecular formula is C23H24FN5O. The Labute approximate surface area is 174 Å². The zero-order valence-corrected chi connectivity index (χ0v) is 17.2. The SMILES string of the molecule is CC(=O)N1CC[C@](C)(c2nccnc2C2CN(c3ccc4cc(F)ccc4n3)C2)C1. The van der Waals surface area contributed by atoms with E-state index in [1.165, 1.54) is 12.1 Å². The highest BCUT2D eigenvalue weighted by atomic mass is 19.1. The lowest BCUT2D eigenvalue weighted by Gasteiger charge is -2.41. The Morgan fingerprint density at radius 3 is 2.73 bits per heavy atom. The number of likely N-dealkylation sites (tertiary alicyclic amines) is 1. The summed E-state index contributed by atoms with van der Waals surface area (Å²) in [5.74, 6) is 1.04. The number of anilines is 1. The fourth-order valence-electron chi connectivity index (χ4n) is 4.64. The summed E-state index contributed by atoms with van der Waals surface area (Å²) in [5.41, 5.74) is 2.67. The molecule has 2 fully saturated rings. The normalized spacial score (nSPS) is 21.8. The molecule has 0 spiro atoms. The molecule has 2 aromatic heterocycles. The second kappa shape index (κ2) is 7.00. The van der Waals surface area contributed by atoms with Gasteiger partial charge in [0.1, 0.15) is 11.6 Å². The van der Waals surface area contributed by atoms with Gasteiger partial charge in [-0.05, 0) is 36.8 Å². The summed E-state index contributed by atoms with van der Waals surface area (Å²) < 4.78 is 13.4. The van der Waals surface area contributed by atoms with Crippen LogP contribution >= 0.6 is 0 Å². The van der Waals surface area contributed by atoms with E-state index in [0.29, 0.717) is 6.54 Å². The van der Waals surface area contributed by atoms with Crippen molar-refractivity contribution in [1.29, 1.82) is 0 Å². The Kier molecular flexibility index (Phi) is 4.41. The molecule has 0 radical (unpaired) electrons. The minimum absolute atomic E-state index is 0.112. The smallest absolute Gasteiger partial charge is 0.219 e. The van der Waals surface area contributed by atoms with Gasteiger partial charge in [-0.2, -0.15) is 0 Å². The van der Waals surface area contributed by atoms with Crippen molar-refractivity contribution in [3.8, 4) is 0 Å². The molecule has 7 heteroatoms. The minimum Gasteiger partial charge on any atom is -0.355 e. The molecule has 0 aliphatic carbocycles. The molecule has 3 aromatic rings. The number of carbonyl (C=O) groups is 1. The topological polar surface area (TPSA) is 62.2 Å². The number of hydrogen-bond acceptors (Lipinski definition) is 5. The van der Waals surface area contributed by atoms with Crippen molar-refractivity contribution in [1.82, 2.24) is 19.9 Å². The number of halogens is 1. The van der Waals surface area contributed by atoms with Gasteiger partial charge in [0.25, 0.3) is 0 Å². The van der Waals surface area contributed by atoms with Gasteiger partial charge in [0.2, 0.25) is 5.91 Å². The first kappa shape index (κ1) is 18.9. The molecule has 4 heterocycles. The number of carbonyl (C=O) groups excluding carboxylic acids is 1. The van der Waals surface area contributed by atoms with E-state index in [1.807, 2.05) is 17.0 Å². The van der Waals surface area contributed by atoms with E-state index in [0.717, 1.165) is 54.2 Å². The Morgan fingerprint density at radius 1 is 1.17 bits per heavy atom. The maximum absolute atomic E-state index is 13.4. The van der Waals surface area contributed by atoms with Crippen LogP contribution in [0.15, 0.2) is 42.7 Å². The fraction of sp³-hybridized carbons (Fsp3) is 0.391. The van der Waals surface area contributed by atoms with Crippen LogP contribution in [0.2, 0.25) is 0 Å². The van der Waals surface area contributed by atoms with Crippen LogP contribution in [0.25, 0.3) is 10.9 Å². The molecule has 1 amide bonds.